The third-order valence-corrected chi connectivity index (χ3v) is 3.57. The van der Waals surface area contributed by atoms with E-state index in [4.69, 9.17) is 9.47 Å². The second-order valence-corrected chi connectivity index (χ2v) is 5.03. The summed E-state index contributed by atoms with van der Waals surface area (Å²) in [5.41, 5.74) is 0.303. The highest BCUT2D eigenvalue weighted by atomic mass is 16.5. The fraction of sp³-hybridized carbons (Fsp3) is 0.167. The van der Waals surface area contributed by atoms with Gasteiger partial charge in [-0.15, -0.1) is 0 Å². The fourth-order valence-corrected chi connectivity index (χ4v) is 2.46. The Balaban J connectivity index is 2.30. The summed E-state index contributed by atoms with van der Waals surface area (Å²) in [6.45, 7) is 1.95. The maximum absolute atomic E-state index is 12.8. The molecule has 0 unspecified atom stereocenters. The van der Waals surface area contributed by atoms with Gasteiger partial charge in [-0.05, 0) is 25.1 Å². The van der Waals surface area contributed by atoms with Crippen molar-refractivity contribution < 1.29 is 14.3 Å². The fourth-order valence-electron chi connectivity index (χ4n) is 2.46. The van der Waals surface area contributed by atoms with Crippen LogP contribution in [0.15, 0.2) is 53.3 Å². The summed E-state index contributed by atoms with van der Waals surface area (Å²) in [6.07, 6.45) is 0. The number of ether oxygens (including phenoxy) is 2. The largest absolute Gasteiger partial charge is 0.497 e. The lowest BCUT2D eigenvalue weighted by Gasteiger charge is -2.11. The van der Waals surface area contributed by atoms with Gasteiger partial charge in [-0.2, -0.15) is 9.78 Å². The van der Waals surface area contributed by atoms with Crippen LogP contribution in [0.3, 0.4) is 0 Å². The van der Waals surface area contributed by atoms with Crippen molar-refractivity contribution in [3.8, 4) is 11.4 Å². The number of benzene rings is 2. The summed E-state index contributed by atoms with van der Waals surface area (Å²) in [6, 6.07) is 13.8. The molecule has 3 rings (SSSR count). The van der Waals surface area contributed by atoms with E-state index in [1.54, 1.807) is 62.6 Å². The predicted molar refractivity (Wildman–Crippen MR) is 89.8 cm³/mol. The Labute approximate surface area is 138 Å². The Morgan fingerprint density at radius 2 is 1.88 bits per heavy atom. The van der Waals surface area contributed by atoms with E-state index in [1.165, 1.54) is 4.68 Å². The summed E-state index contributed by atoms with van der Waals surface area (Å²) in [5.74, 6) is 0.0254. The van der Waals surface area contributed by atoms with Gasteiger partial charge >= 0.3 is 5.97 Å². The average molecular weight is 324 g/mol. The number of hydrogen-bond acceptors (Lipinski definition) is 5. The minimum atomic E-state index is -0.564. The SMILES string of the molecule is CCOC(=O)c1nn(-c2cccc(OC)c2)c(=O)c2ccccc12. The van der Waals surface area contributed by atoms with Crippen molar-refractivity contribution in [1.29, 1.82) is 0 Å². The summed E-state index contributed by atoms with van der Waals surface area (Å²) < 4.78 is 11.4. The molecule has 0 atom stereocenters. The monoisotopic (exact) mass is 324 g/mol. The molecule has 0 N–H and O–H groups in total. The standard InChI is InChI=1S/C18H16N2O4/c1-3-24-18(22)16-14-9-4-5-10-15(14)17(21)20(19-16)12-7-6-8-13(11-12)23-2/h4-11H,3H2,1-2H3. The number of aromatic nitrogens is 2. The first-order valence-corrected chi connectivity index (χ1v) is 7.49. The molecule has 0 aliphatic rings. The highest BCUT2D eigenvalue weighted by Crippen LogP contribution is 2.18. The molecule has 3 aromatic rings. The molecule has 0 spiro atoms. The number of nitrogens with zero attached hydrogens (tertiary/aromatic N) is 2. The maximum atomic E-state index is 12.8. The Hall–Kier alpha value is -3.15. The van der Waals surface area contributed by atoms with Crippen LogP contribution in [0.25, 0.3) is 16.5 Å². The normalized spacial score (nSPS) is 10.6. The molecule has 0 saturated carbocycles. The van der Waals surface area contributed by atoms with Gasteiger partial charge in [0.25, 0.3) is 5.56 Å². The predicted octanol–water partition coefficient (Wildman–Crippen LogP) is 2.57. The summed E-state index contributed by atoms with van der Waals surface area (Å²) in [7, 11) is 1.54. The Kier molecular flexibility index (Phi) is 4.29. The lowest BCUT2D eigenvalue weighted by Crippen LogP contribution is -2.25. The minimum absolute atomic E-state index is 0.106. The van der Waals surface area contributed by atoms with Gasteiger partial charge in [-0.25, -0.2) is 4.79 Å². The smallest absolute Gasteiger partial charge is 0.359 e. The van der Waals surface area contributed by atoms with E-state index in [9.17, 15) is 9.59 Å². The number of rotatable bonds is 4. The van der Waals surface area contributed by atoms with E-state index < -0.39 is 5.97 Å². The number of fused-ring (bicyclic) bond motifs is 1. The number of hydrogen-bond donors (Lipinski definition) is 0. The second kappa shape index (κ2) is 6.54. The van der Waals surface area contributed by atoms with Crippen LogP contribution in [0.5, 0.6) is 5.75 Å². The van der Waals surface area contributed by atoms with Crippen molar-refractivity contribution >= 4 is 16.7 Å². The van der Waals surface area contributed by atoms with E-state index in [0.29, 0.717) is 22.2 Å². The zero-order valence-electron chi connectivity index (χ0n) is 13.4. The van der Waals surface area contributed by atoms with Crippen molar-refractivity contribution in [3.05, 3.63) is 64.6 Å². The van der Waals surface area contributed by atoms with Crippen molar-refractivity contribution in [2.75, 3.05) is 13.7 Å². The van der Waals surface area contributed by atoms with Gasteiger partial charge in [-0.1, -0.05) is 24.3 Å². The topological polar surface area (TPSA) is 70.4 Å². The molecular formula is C18H16N2O4. The molecule has 0 aliphatic carbocycles. The molecule has 1 heterocycles. The molecule has 24 heavy (non-hydrogen) atoms. The second-order valence-electron chi connectivity index (χ2n) is 5.03. The van der Waals surface area contributed by atoms with Crippen LogP contribution >= 0.6 is 0 Å². The van der Waals surface area contributed by atoms with Crippen molar-refractivity contribution in [2.45, 2.75) is 6.92 Å². The van der Waals surface area contributed by atoms with E-state index in [2.05, 4.69) is 5.10 Å². The van der Waals surface area contributed by atoms with Crippen molar-refractivity contribution in [2.24, 2.45) is 0 Å². The van der Waals surface area contributed by atoms with Crippen LogP contribution in [0.4, 0.5) is 0 Å². The molecule has 0 bridgehead atoms. The highest BCUT2D eigenvalue weighted by Gasteiger charge is 2.18. The number of carbonyl (C=O) groups is 1. The van der Waals surface area contributed by atoms with E-state index in [1.807, 2.05) is 0 Å². The number of carbonyl (C=O) groups excluding carboxylic acids is 1. The third-order valence-electron chi connectivity index (χ3n) is 3.57. The van der Waals surface area contributed by atoms with E-state index in [0.717, 1.165) is 0 Å². The highest BCUT2D eigenvalue weighted by molar-refractivity contribution is 6.02. The zero-order valence-corrected chi connectivity index (χ0v) is 13.4. The van der Waals surface area contributed by atoms with Gasteiger partial charge in [0.15, 0.2) is 5.69 Å². The Morgan fingerprint density at radius 1 is 1.12 bits per heavy atom. The van der Waals surface area contributed by atoms with Gasteiger partial charge < -0.3 is 9.47 Å². The van der Waals surface area contributed by atoms with Crippen molar-refractivity contribution in [3.63, 3.8) is 0 Å². The van der Waals surface area contributed by atoms with Crippen LogP contribution in [0.2, 0.25) is 0 Å². The molecule has 6 heteroatoms. The first-order chi connectivity index (χ1) is 11.7. The molecule has 0 radical (unpaired) electrons. The van der Waals surface area contributed by atoms with Crippen LogP contribution in [0.1, 0.15) is 17.4 Å². The van der Waals surface area contributed by atoms with Gasteiger partial charge in [-0.3, -0.25) is 4.79 Å². The molecule has 2 aromatic carbocycles. The van der Waals surface area contributed by atoms with Crippen LogP contribution in [-0.2, 0) is 4.74 Å². The molecule has 0 amide bonds. The lowest BCUT2D eigenvalue weighted by atomic mass is 10.1. The van der Waals surface area contributed by atoms with E-state index >= 15 is 0 Å². The Morgan fingerprint density at radius 3 is 2.58 bits per heavy atom. The van der Waals surface area contributed by atoms with Gasteiger partial charge in [0.05, 0.1) is 24.8 Å². The third kappa shape index (κ3) is 2.74. The molecule has 6 nitrogen and oxygen atoms in total. The molecule has 1 aromatic heterocycles. The van der Waals surface area contributed by atoms with Gasteiger partial charge in [0.2, 0.25) is 0 Å². The first-order valence-electron chi connectivity index (χ1n) is 7.49. The summed E-state index contributed by atoms with van der Waals surface area (Å²) >= 11 is 0. The van der Waals surface area contributed by atoms with Gasteiger partial charge in [0.1, 0.15) is 5.75 Å². The number of methoxy groups -OCH3 is 1. The maximum Gasteiger partial charge on any atom is 0.359 e. The zero-order chi connectivity index (χ0) is 17.1. The van der Waals surface area contributed by atoms with Crippen LogP contribution in [0, 0.1) is 0 Å². The molecule has 0 aliphatic heterocycles. The number of esters is 1. The van der Waals surface area contributed by atoms with E-state index in [-0.39, 0.29) is 17.9 Å². The lowest BCUT2D eigenvalue weighted by molar-refractivity contribution is 0.0520. The van der Waals surface area contributed by atoms with Crippen LogP contribution < -0.4 is 10.3 Å². The molecule has 122 valence electrons. The summed E-state index contributed by atoms with van der Waals surface area (Å²) in [4.78, 5) is 25.0. The average Bonchev–Trinajstić information content (AvgIpc) is 2.62. The van der Waals surface area contributed by atoms with Crippen molar-refractivity contribution in [1.82, 2.24) is 9.78 Å². The molecular weight excluding hydrogens is 308 g/mol. The molecule has 0 saturated heterocycles. The summed E-state index contributed by atoms with van der Waals surface area (Å²) in [5, 5.41) is 5.11. The molecule has 0 fully saturated rings. The first kappa shape index (κ1) is 15.7. The quantitative estimate of drug-likeness (QED) is 0.690. The van der Waals surface area contributed by atoms with Crippen LogP contribution in [-0.4, -0.2) is 29.5 Å². The van der Waals surface area contributed by atoms with Gasteiger partial charge in [0, 0.05) is 11.5 Å². The Bertz CT molecular complexity index is 963. The minimum Gasteiger partial charge on any atom is -0.497 e.